The van der Waals surface area contributed by atoms with Crippen molar-refractivity contribution in [3.8, 4) is 0 Å². The van der Waals surface area contributed by atoms with E-state index in [0.717, 1.165) is 18.9 Å². The van der Waals surface area contributed by atoms with E-state index in [1.807, 2.05) is 0 Å². The molecule has 0 heterocycles. The summed E-state index contributed by atoms with van der Waals surface area (Å²) in [5.74, 6) is 0.783. The molecule has 2 aliphatic carbocycles. The molecule has 2 heteroatoms. The van der Waals surface area contributed by atoms with Gasteiger partial charge in [0.2, 0.25) is 0 Å². The largest absolute Gasteiger partial charge is 0.396 e. The molecule has 0 saturated heterocycles. The monoisotopic (exact) mass is 287 g/mol. The van der Waals surface area contributed by atoms with Gasteiger partial charge in [0.15, 0.2) is 0 Å². The number of hydrogen-bond acceptors (Lipinski definition) is 2. The second-order valence-electron chi connectivity index (χ2n) is 7.14. The average molecular weight is 287 g/mol. The number of aliphatic hydroxyl groups excluding tert-OH is 1. The van der Waals surface area contributed by atoms with Crippen LogP contribution in [0.15, 0.2) is 30.3 Å². The smallest absolute Gasteiger partial charge is 0.0436 e. The summed E-state index contributed by atoms with van der Waals surface area (Å²) in [5, 5.41) is 13.1. The summed E-state index contributed by atoms with van der Waals surface area (Å²) < 4.78 is 0. The summed E-state index contributed by atoms with van der Waals surface area (Å²) in [6.45, 7) is 1.41. The molecular weight excluding hydrogens is 258 g/mol. The minimum atomic E-state index is 0.334. The summed E-state index contributed by atoms with van der Waals surface area (Å²) >= 11 is 0. The van der Waals surface area contributed by atoms with Gasteiger partial charge in [-0.3, -0.25) is 0 Å². The van der Waals surface area contributed by atoms with Crippen LogP contribution in [0, 0.1) is 11.3 Å². The van der Waals surface area contributed by atoms with E-state index in [1.54, 1.807) is 0 Å². The zero-order valence-electron chi connectivity index (χ0n) is 13.1. The first-order valence-corrected chi connectivity index (χ1v) is 8.72. The zero-order valence-corrected chi connectivity index (χ0v) is 13.1. The molecule has 0 aliphatic heterocycles. The predicted molar refractivity (Wildman–Crippen MR) is 87.1 cm³/mol. The van der Waals surface area contributed by atoms with Crippen LogP contribution in [-0.2, 0) is 0 Å². The summed E-state index contributed by atoms with van der Waals surface area (Å²) in [6.07, 6.45) is 10.4. The van der Waals surface area contributed by atoms with Crippen molar-refractivity contribution in [1.82, 2.24) is 5.32 Å². The second-order valence-corrected chi connectivity index (χ2v) is 7.14. The Bertz CT molecular complexity index is 420. The molecule has 1 aromatic rings. The van der Waals surface area contributed by atoms with Gasteiger partial charge in [0.1, 0.15) is 0 Å². The van der Waals surface area contributed by atoms with E-state index >= 15 is 0 Å². The highest BCUT2D eigenvalue weighted by Gasteiger charge is 2.42. The zero-order chi connectivity index (χ0) is 14.5. The summed E-state index contributed by atoms with van der Waals surface area (Å²) in [7, 11) is 0. The third kappa shape index (κ3) is 3.87. The molecule has 0 bridgehead atoms. The Morgan fingerprint density at radius 1 is 1.10 bits per heavy atom. The van der Waals surface area contributed by atoms with Crippen LogP contribution in [0.4, 0.5) is 0 Å². The molecule has 0 amide bonds. The van der Waals surface area contributed by atoms with Crippen LogP contribution in [0.3, 0.4) is 0 Å². The van der Waals surface area contributed by atoms with Crippen molar-refractivity contribution < 1.29 is 5.11 Å². The fourth-order valence-electron chi connectivity index (χ4n) is 3.94. The van der Waals surface area contributed by atoms with Crippen molar-refractivity contribution in [2.24, 2.45) is 11.3 Å². The average Bonchev–Trinajstić information content (AvgIpc) is 3.30. The standard InChI is InChI=1S/C19H29NO/c21-14-13-19(11-12-19)15-20-18(16-7-3-1-4-8-16)17-9-5-2-6-10-17/h1,3-4,7-8,17-18,20-21H,2,5-6,9-15H2. The summed E-state index contributed by atoms with van der Waals surface area (Å²) in [6, 6.07) is 11.5. The highest BCUT2D eigenvalue weighted by molar-refractivity contribution is 5.20. The maximum absolute atomic E-state index is 9.25. The van der Waals surface area contributed by atoms with Gasteiger partial charge in [0, 0.05) is 19.2 Å². The minimum Gasteiger partial charge on any atom is -0.396 e. The molecule has 21 heavy (non-hydrogen) atoms. The molecule has 2 aliphatic rings. The van der Waals surface area contributed by atoms with Gasteiger partial charge in [-0.1, -0.05) is 49.6 Å². The van der Waals surface area contributed by atoms with E-state index < -0.39 is 0 Å². The fourth-order valence-corrected chi connectivity index (χ4v) is 3.94. The number of benzene rings is 1. The predicted octanol–water partition coefficient (Wildman–Crippen LogP) is 4.06. The van der Waals surface area contributed by atoms with Crippen molar-refractivity contribution in [3.63, 3.8) is 0 Å². The molecular formula is C19H29NO. The Morgan fingerprint density at radius 3 is 2.43 bits per heavy atom. The number of rotatable bonds is 7. The SMILES string of the molecule is OCCC1(CNC(c2ccccc2)C2CCCCC2)CC1. The lowest BCUT2D eigenvalue weighted by molar-refractivity contribution is 0.223. The first-order chi connectivity index (χ1) is 10.3. The maximum Gasteiger partial charge on any atom is 0.0436 e. The Labute approximate surface area is 129 Å². The van der Waals surface area contributed by atoms with Crippen LogP contribution >= 0.6 is 0 Å². The lowest BCUT2D eigenvalue weighted by atomic mass is 9.81. The molecule has 1 aromatic carbocycles. The van der Waals surface area contributed by atoms with Crippen molar-refractivity contribution in [3.05, 3.63) is 35.9 Å². The van der Waals surface area contributed by atoms with Crippen LogP contribution in [0.25, 0.3) is 0 Å². The van der Waals surface area contributed by atoms with Gasteiger partial charge in [0.05, 0.1) is 0 Å². The lowest BCUT2D eigenvalue weighted by Gasteiger charge is -2.33. The van der Waals surface area contributed by atoms with E-state index in [-0.39, 0.29) is 0 Å². The van der Waals surface area contributed by atoms with E-state index in [9.17, 15) is 5.11 Å². The summed E-state index contributed by atoms with van der Waals surface area (Å²) in [4.78, 5) is 0. The van der Waals surface area contributed by atoms with E-state index in [0.29, 0.717) is 18.1 Å². The quantitative estimate of drug-likeness (QED) is 0.792. The van der Waals surface area contributed by atoms with Gasteiger partial charge in [-0.2, -0.15) is 0 Å². The molecule has 2 fully saturated rings. The van der Waals surface area contributed by atoms with E-state index in [4.69, 9.17) is 0 Å². The van der Waals surface area contributed by atoms with Crippen molar-refractivity contribution in [1.29, 1.82) is 0 Å². The first kappa shape index (κ1) is 15.1. The molecule has 0 radical (unpaired) electrons. The topological polar surface area (TPSA) is 32.3 Å². The van der Waals surface area contributed by atoms with Crippen LogP contribution in [0.5, 0.6) is 0 Å². The third-order valence-electron chi connectivity index (χ3n) is 5.58. The van der Waals surface area contributed by atoms with Gasteiger partial charge < -0.3 is 10.4 Å². The van der Waals surface area contributed by atoms with Gasteiger partial charge in [-0.15, -0.1) is 0 Å². The van der Waals surface area contributed by atoms with Crippen LogP contribution in [0.1, 0.15) is 63.0 Å². The van der Waals surface area contributed by atoms with E-state index in [1.165, 1.54) is 50.5 Å². The highest BCUT2D eigenvalue weighted by Crippen LogP contribution is 2.48. The molecule has 2 saturated carbocycles. The molecule has 0 spiro atoms. The molecule has 2 N–H and O–H groups in total. The van der Waals surface area contributed by atoms with E-state index in [2.05, 4.69) is 35.6 Å². The molecule has 116 valence electrons. The number of nitrogens with one attached hydrogen (secondary N) is 1. The lowest BCUT2D eigenvalue weighted by Crippen LogP contribution is -2.34. The van der Waals surface area contributed by atoms with Crippen molar-refractivity contribution in [2.45, 2.75) is 57.4 Å². The van der Waals surface area contributed by atoms with Gasteiger partial charge in [-0.25, -0.2) is 0 Å². The molecule has 2 nitrogen and oxygen atoms in total. The minimum absolute atomic E-state index is 0.334. The third-order valence-corrected chi connectivity index (χ3v) is 5.58. The second kappa shape index (κ2) is 6.93. The first-order valence-electron chi connectivity index (χ1n) is 8.72. The Hall–Kier alpha value is -0.860. The molecule has 1 atom stereocenters. The number of aliphatic hydroxyl groups is 1. The molecule has 1 unspecified atom stereocenters. The fraction of sp³-hybridized carbons (Fsp3) is 0.684. The summed E-state index contributed by atoms with van der Waals surface area (Å²) in [5.41, 5.74) is 1.85. The van der Waals surface area contributed by atoms with Gasteiger partial charge >= 0.3 is 0 Å². The Balaban J connectivity index is 1.67. The van der Waals surface area contributed by atoms with Crippen LogP contribution in [0.2, 0.25) is 0 Å². The van der Waals surface area contributed by atoms with Crippen LogP contribution < -0.4 is 5.32 Å². The van der Waals surface area contributed by atoms with Crippen molar-refractivity contribution in [2.75, 3.05) is 13.2 Å². The van der Waals surface area contributed by atoms with Crippen molar-refractivity contribution >= 4 is 0 Å². The van der Waals surface area contributed by atoms with Crippen LogP contribution in [-0.4, -0.2) is 18.3 Å². The molecule has 3 rings (SSSR count). The Morgan fingerprint density at radius 2 is 1.81 bits per heavy atom. The molecule has 0 aromatic heterocycles. The maximum atomic E-state index is 9.25. The number of hydrogen-bond donors (Lipinski definition) is 2. The van der Waals surface area contributed by atoms with Gasteiger partial charge in [-0.05, 0) is 49.0 Å². The van der Waals surface area contributed by atoms with Gasteiger partial charge in [0.25, 0.3) is 0 Å². The highest BCUT2D eigenvalue weighted by atomic mass is 16.3. The normalized spacial score (nSPS) is 22.9. The Kier molecular flexibility index (Phi) is 4.97.